The molecule has 0 spiro atoms. The molecule has 0 bridgehead atoms. The number of halogens is 1. The van der Waals surface area contributed by atoms with Gasteiger partial charge in [-0.3, -0.25) is 14.2 Å². The Morgan fingerprint density at radius 3 is 2.61 bits per heavy atom. The van der Waals surface area contributed by atoms with Crippen molar-refractivity contribution in [2.75, 3.05) is 11.1 Å². The molecule has 3 rings (SSSR count). The van der Waals surface area contributed by atoms with E-state index in [-0.39, 0.29) is 23.3 Å². The summed E-state index contributed by atoms with van der Waals surface area (Å²) in [4.78, 5) is 29.9. The van der Waals surface area contributed by atoms with E-state index in [2.05, 4.69) is 10.3 Å². The number of benzene rings is 2. The number of anilines is 1. The molecule has 0 aliphatic carbocycles. The van der Waals surface area contributed by atoms with Gasteiger partial charge in [-0.25, -0.2) is 4.98 Å². The number of aryl methyl sites for hydroxylation is 2. The van der Waals surface area contributed by atoms with E-state index in [4.69, 9.17) is 11.6 Å². The molecule has 146 valence electrons. The third-order valence-corrected chi connectivity index (χ3v) is 5.66. The van der Waals surface area contributed by atoms with Gasteiger partial charge in [-0.15, -0.1) is 0 Å². The maximum Gasteiger partial charge on any atom is 0.262 e. The highest BCUT2D eigenvalue weighted by Crippen LogP contribution is 2.23. The van der Waals surface area contributed by atoms with E-state index >= 15 is 0 Å². The molecule has 0 aliphatic rings. The van der Waals surface area contributed by atoms with Crippen molar-refractivity contribution in [1.29, 1.82) is 0 Å². The van der Waals surface area contributed by atoms with Crippen LogP contribution in [-0.4, -0.2) is 21.2 Å². The van der Waals surface area contributed by atoms with Crippen molar-refractivity contribution < 1.29 is 4.79 Å². The summed E-state index contributed by atoms with van der Waals surface area (Å²) in [5.41, 5.74) is 3.45. The van der Waals surface area contributed by atoms with E-state index in [0.29, 0.717) is 21.1 Å². The fourth-order valence-corrected chi connectivity index (χ4v) is 3.95. The number of nitrogens with one attached hydrogen (secondary N) is 1. The molecule has 1 amide bonds. The summed E-state index contributed by atoms with van der Waals surface area (Å²) in [6, 6.07) is 10.8. The Kier molecular flexibility index (Phi) is 6.10. The van der Waals surface area contributed by atoms with E-state index in [9.17, 15) is 9.59 Å². The van der Waals surface area contributed by atoms with E-state index in [1.54, 1.807) is 22.8 Å². The summed E-state index contributed by atoms with van der Waals surface area (Å²) < 4.78 is 1.62. The molecule has 0 aliphatic heterocycles. The Balaban J connectivity index is 1.84. The second-order valence-corrected chi connectivity index (χ2v) is 8.34. The van der Waals surface area contributed by atoms with Crippen LogP contribution in [0, 0.1) is 13.8 Å². The molecule has 0 unspecified atom stereocenters. The van der Waals surface area contributed by atoms with Gasteiger partial charge >= 0.3 is 0 Å². The molecule has 0 radical (unpaired) electrons. The highest BCUT2D eigenvalue weighted by Gasteiger charge is 2.16. The van der Waals surface area contributed by atoms with Crippen LogP contribution in [0.3, 0.4) is 0 Å². The van der Waals surface area contributed by atoms with Crippen molar-refractivity contribution in [3.63, 3.8) is 0 Å². The Morgan fingerprint density at radius 2 is 1.93 bits per heavy atom. The lowest BCUT2D eigenvalue weighted by Gasteiger charge is -2.16. The van der Waals surface area contributed by atoms with Gasteiger partial charge in [0.15, 0.2) is 5.16 Å². The molecule has 0 fully saturated rings. The first-order valence-corrected chi connectivity index (χ1v) is 10.3. The first-order valence-electron chi connectivity index (χ1n) is 8.98. The Hall–Kier alpha value is -2.31. The Labute approximate surface area is 173 Å². The van der Waals surface area contributed by atoms with Crippen molar-refractivity contribution in [3.05, 3.63) is 62.9 Å². The maximum atomic E-state index is 12.9. The van der Waals surface area contributed by atoms with Gasteiger partial charge in [0.1, 0.15) is 0 Å². The summed E-state index contributed by atoms with van der Waals surface area (Å²) in [7, 11) is 0. The number of fused-ring (bicyclic) bond motifs is 1. The van der Waals surface area contributed by atoms with Gasteiger partial charge in [0.05, 0.1) is 16.7 Å². The highest BCUT2D eigenvalue weighted by atomic mass is 35.5. The Morgan fingerprint density at radius 1 is 1.18 bits per heavy atom. The monoisotopic (exact) mass is 415 g/mol. The summed E-state index contributed by atoms with van der Waals surface area (Å²) >= 11 is 7.29. The topological polar surface area (TPSA) is 64.0 Å². The van der Waals surface area contributed by atoms with Gasteiger partial charge in [0.25, 0.3) is 5.56 Å². The van der Waals surface area contributed by atoms with E-state index < -0.39 is 0 Å². The number of hydrogen-bond acceptors (Lipinski definition) is 4. The molecule has 1 aromatic heterocycles. The fourth-order valence-electron chi connectivity index (χ4n) is 2.86. The number of amides is 1. The molecule has 1 heterocycles. The predicted molar refractivity (Wildman–Crippen MR) is 117 cm³/mol. The number of aromatic nitrogens is 2. The van der Waals surface area contributed by atoms with Crippen LogP contribution in [0.1, 0.15) is 31.0 Å². The van der Waals surface area contributed by atoms with Gasteiger partial charge in [-0.05, 0) is 69.2 Å². The van der Waals surface area contributed by atoms with Crippen LogP contribution >= 0.6 is 23.4 Å². The van der Waals surface area contributed by atoms with Crippen LogP contribution in [0.2, 0.25) is 5.02 Å². The molecule has 0 saturated carbocycles. The minimum Gasteiger partial charge on any atom is -0.325 e. The molecule has 1 N–H and O–H groups in total. The quantitative estimate of drug-likeness (QED) is 0.471. The average Bonchev–Trinajstić information content (AvgIpc) is 2.62. The normalized spacial score (nSPS) is 11.2. The second kappa shape index (κ2) is 8.37. The van der Waals surface area contributed by atoms with Crippen LogP contribution in [0.25, 0.3) is 10.9 Å². The van der Waals surface area contributed by atoms with Crippen LogP contribution in [-0.2, 0) is 4.79 Å². The molecular formula is C21H22ClN3O2S. The first-order chi connectivity index (χ1) is 13.3. The number of rotatable bonds is 5. The number of thioether (sulfide) groups is 1. The number of carbonyl (C=O) groups excluding carboxylic acids is 1. The van der Waals surface area contributed by atoms with Crippen LogP contribution in [0.15, 0.2) is 46.3 Å². The standard InChI is InChI=1S/C21H22ClN3O2S/c1-12(2)25-20(27)17-8-6-15(22)10-18(17)24-21(25)28-11-19(26)23-16-7-5-13(3)14(4)9-16/h5-10,12H,11H2,1-4H3,(H,23,26). The molecular weight excluding hydrogens is 394 g/mol. The van der Waals surface area contributed by atoms with Gasteiger partial charge in [0, 0.05) is 16.8 Å². The smallest absolute Gasteiger partial charge is 0.262 e. The molecule has 28 heavy (non-hydrogen) atoms. The van der Waals surface area contributed by atoms with Crippen LogP contribution in [0.5, 0.6) is 0 Å². The maximum absolute atomic E-state index is 12.9. The van der Waals surface area contributed by atoms with Crippen LogP contribution < -0.4 is 10.9 Å². The predicted octanol–water partition coefficient (Wildman–Crippen LogP) is 4.98. The molecule has 5 nitrogen and oxygen atoms in total. The Bertz CT molecular complexity index is 1110. The number of nitrogens with zero attached hydrogens (tertiary/aromatic N) is 2. The highest BCUT2D eigenvalue weighted by molar-refractivity contribution is 7.99. The molecule has 0 atom stereocenters. The third kappa shape index (κ3) is 4.39. The molecule has 2 aromatic carbocycles. The third-order valence-electron chi connectivity index (χ3n) is 4.47. The van der Waals surface area contributed by atoms with Crippen molar-refractivity contribution in [2.24, 2.45) is 0 Å². The van der Waals surface area contributed by atoms with E-state index in [1.165, 1.54) is 17.3 Å². The minimum absolute atomic E-state index is 0.0783. The van der Waals surface area contributed by atoms with Gasteiger partial charge in [0.2, 0.25) is 5.91 Å². The largest absolute Gasteiger partial charge is 0.325 e. The van der Waals surface area contributed by atoms with Gasteiger partial charge in [-0.1, -0.05) is 29.4 Å². The average molecular weight is 416 g/mol. The first kappa shape index (κ1) is 20.4. The van der Waals surface area contributed by atoms with E-state index in [1.807, 2.05) is 45.9 Å². The fraction of sp³-hybridized carbons (Fsp3) is 0.286. The zero-order valence-electron chi connectivity index (χ0n) is 16.2. The number of hydrogen-bond donors (Lipinski definition) is 1. The summed E-state index contributed by atoms with van der Waals surface area (Å²) in [6.45, 7) is 7.87. The summed E-state index contributed by atoms with van der Waals surface area (Å²) in [6.07, 6.45) is 0. The van der Waals surface area contributed by atoms with Crippen molar-refractivity contribution in [1.82, 2.24) is 9.55 Å². The molecule has 3 aromatic rings. The SMILES string of the molecule is Cc1ccc(NC(=O)CSc2nc3cc(Cl)ccc3c(=O)n2C(C)C)cc1C. The lowest BCUT2D eigenvalue weighted by atomic mass is 10.1. The molecule has 0 saturated heterocycles. The zero-order chi connectivity index (χ0) is 20.4. The second-order valence-electron chi connectivity index (χ2n) is 6.96. The summed E-state index contributed by atoms with van der Waals surface area (Å²) in [5.74, 6) is 0.00187. The zero-order valence-corrected chi connectivity index (χ0v) is 17.8. The number of carbonyl (C=O) groups is 1. The van der Waals surface area contributed by atoms with Crippen molar-refractivity contribution in [3.8, 4) is 0 Å². The van der Waals surface area contributed by atoms with E-state index in [0.717, 1.165) is 11.3 Å². The summed E-state index contributed by atoms with van der Waals surface area (Å²) in [5, 5.41) is 4.43. The van der Waals surface area contributed by atoms with Crippen LogP contribution in [0.4, 0.5) is 5.69 Å². The lowest BCUT2D eigenvalue weighted by Crippen LogP contribution is -2.25. The van der Waals surface area contributed by atoms with Crippen molar-refractivity contribution >= 4 is 45.9 Å². The molecule has 7 heteroatoms. The minimum atomic E-state index is -0.149. The lowest BCUT2D eigenvalue weighted by molar-refractivity contribution is -0.113. The van der Waals surface area contributed by atoms with Gasteiger partial charge < -0.3 is 5.32 Å². The van der Waals surface area contributed by atoms with Crippen molar-refractivity contribution in [2.45, 2.75) is 38.9 Å². The van der Waals surface area contributed by atoms with Gasteiger partial charge in [-0.2, -0.15) is 0 Å².